The Labute approximate surface area is 103 Å². The van der Waals surface area contributed by atoms with Gasteiger partial charge in [0.1, 0.15) is 5.82 Å². The second kappa shape index (κ2) is 5.56. The highest BCUT2D eigenvalue weighted by Gasteiger charge is 2.37. The molecule has 1 heterocycles. The van der Waals surface area contributed by atoms with E-state index in [1.54, 1.807) is 12.3 Å². The van der Waals surface area contributed by atoms with Gasteiger partial charge in [0, 0.05) is 17.3 Å². The number of nitrogens with zero attached hydrogens (tertiary/aromatic N) is 2. The van der Waals surface area contributed by atoms with Crippen molar-refractivity contribution in [2.24, 2.45) is 5.73 Å². The van der Waals surface area contributed by atoms with Crippen LogP contribution in [0.5, 0.6) is 0 Å². The number of hydrogen-bond donors (Lipinski definition) is 1. The summed E-state index contributed by atoms with van der Waals surface area (Å²) in [5, 5.41) is 0. The third-order valence-corrected chi connectivity index (χ3v) is 3.83. The number of aromatic nitrogens is 1. The van der Waals surface area contributed by atoms with Crippen molar-refractivity contribution in [2.45, 2.75) is 38.3 Å². The summed E-state index contributed by atoms with van der Waals surface area (Å²) in [6.45, 7) is 4.17. The average Bonchev–Trinajstić information content (AvgIpc) is 2.31. The molecule has 0 saturated carbocycles. The summed E-state index contributed by atoms with van der Waals surface area (Å²) in [7, 11) is 3.98. The van der Waals surface area contributed by atoms with Crippen LogP contribution in [0.4, 0.5) is 4.39 Å². The first-order chi connectivity index (χ1) is 7.99. The van der Waals surface area contributed by atoms with Crippen LogP contribution in [0.15, 0.2) is 18.5 Å². The average molecular weight is 239 g/mol. The third kappa shape index (κ3) is 2.48. The molecule has 1 unspecified atom stereocenters. The van der Waals surface area contributed by atoms with Gasteiger partial charge in [-0.25, -0.2) is 4.39 Å². The van der Waals surface area contributed by atoms with E-state index in [1.807, 2.05) is 14.1 Å². The minimum Gasteiger partial charge on any atom is -0.322 e. The van der Waals surface area contributed by atoms with Gasteiger partial charge in [-0.3, -0.25) is 4.98 Å². The minimum absolute atomic E-state index is 0.220. The van der Waals surface area contributed by atoms with Crippen molar-refractivity contribution in [3.63, 3.8) is 0 Å². The van der Waals surface area contributed by atoms with Crippen molar-refractivity contribution in [1.82, 2.24) is 9.88 Å². The summed E-state index contributed by atoms with van der Waals surface area (Å²) in [6.07, 6.45) is 4.56. The van der Waals surface area contributed by atoms with E-state index in [0.29, 0.717) is 5.56 Å². The first-order valence-corrected chi connectivity index (χ1v) is 6.02. The molecule has 3 nitrogen and oxygen atoms in total. The molecule has 2 N–H and O–H groups in total. The van der Waals surface area contributed by atoms with Crippen LogP contribution in [0.1, 0.15) is 38.3 Å². The van der Waals surface area contributed by atoms with Gasteiger partial charge in [0.25, 0.3) is 0 Å². The summed E-state index contributed by atoms with van der Waals surface area (Å²) in [5.41, 5.74) is 6.61. The number of rotatable bonds is 5. The van der Waals surface area contributed by atoms with E-state index in [1.165, 1.54) is 6.20 Å². The molecule has 17 heavy (non-hydrogen) atoms. The largest absolute Gasteiger partial charge is 0.322 e. The van der Waals surface area contributed by atoms with E-state index in [-0.39, 0.29) is 17.4 Å². The Morgan fingerprint density at radius 3 is 2.41 bits per heavy atom. The van der Waals surface area contributed by atoms with Crippen LogP contribution in [-0.4, -0.2) is 29.5 Å². The molecule has 1 atom stereocenters. The predicted octanol–water partition coefficient (Wildman–Crippen LogP) is 2.34. The van der Waals surface area contributed by atoms with E-state index in [2.05, 4.69) is 23.7 Å². The van der Waals surface area contributed by atoms with Crippen LogP contribution >= 0.6 is 0 Å². The molecule has 1 rings (SSSR count). The van der Waals surface area contributed by atoms with Gasteiger partial charge in [-0.05, 0) is 33.0 Å². The summed E-state index contributed by atoms with van der Waals surface area (Å²) >= 11 is 0. The van der Waals surface area contributed by atoms with Gasteiger partial charge in [0.05, 0.1) is 12.2 Å². The molecule has 0 aliphatic rings. The Hall–Kier alpha value is -1.00. The van der Waals surface area contributed by atoms with Gasteiger partial charge in [0.15, 0.2) is 0 Å². The monoisotopic (exact) mass is 239 g/mol. The second-order valence-corrected chi connectivity index (χ2v) is 4.58. The number of likely N-dealkylation sites (N-methyl/N-ethyl adjacent to an activating group) is 1. The van der Waals surface area contributed by atoms with Gasteiger partial charge in [-0.15, -0.1) is 0 Å². The third-order valence-electron chi connectivity index (χ3n) is 3.83. The Balaban J connectivity index is 3.17. The van der Waals surface area contributed by atoms with E-state index >= 15 is 0 Å². The molecule has 0 radical (unpaired) electrons. The molecule has 0 spiro atoms. The van der Waals surface area contributed by atoms with Crippen molar-refractivity contribution in [2.75, 3.05) is 14.1 Å². The first-order valence-electron chi connectivity index (χ1n) is 6.02. The molecule has 0 aliphatic heterocycles. The zero-order valence-electron chi connectivity index (χ0n) is 11.1. The normalized spacial score (nSPS) is 14.1. The van der Waals surface area contributed by atoms with Gasteiger partial charge >= 0.3 is 0 Å². The van der Waals surface area contributed by atoms with Crippen molar-refractivity contribution in [1.29, 1.82) is 0 Å². The highest BCUT2D eigenvalue weighted by molar-refractivity contribution is 5.22. The van der Waals surface area contributed by atoms with Crippen LogP contribution in [-0.2, 0) is 0 Å². The highest BCUT2D eigenvalue weighted by atomic mass is 19.1. The molecule has 0 amide bonds. The lowest BCUT2D eigenvalue weighted by atomic mass is 9.80. The predicted molar refractivity (Wildman–Crippen MR) is 68.1 cm³/mol. The summed E-state index contributed by atoms with van der Waals surface area (Å²) < 4.78 is 13.7. The zero-order valence-corrected chi connectivity index (χ0v) is 11.1. The topological polar surface area (TPSA) is 42.1 Å². The van der Waals surface area contributed by atoms with Crippen molar-refractivity contribution < 1.29 is 4.39 Å². The maximum Gasteiger partial charge on any atom is 0.146 e. The molecule has 0 fully saturated rings. The fourth-order valence-corrected chi connectivity index (χ4v) is 2.53. The first kappa shape index (κ1) is 14.1. The smallest absolute Gasteiger partial charge is 0.146 e. The summed E-state index contributed by atoms with van der Waals surface area (Å²) in [4.78, 5) is 5.86. The van der Waals surface area contributed by atoms with E-state index in [0.717, 1.165) is 12.8 Å². The van der Waals surface area contributed by atoms with E-state index < -0.39 is 0 Å². The molecule has 0 aromatic carbocycles. The second-order valence-electron chi connectivity index (χ2n) is 4.58. The Bertz CT molecular complexity index is 361. The maximum absolute atomic E-state index is 13.7. The quantitative estimate of drug-likeness (QED) is 0.857. The van der Waals surface area contributed by atoms with Crippen LogP contribution in [0.3, 0.4) is 0 Å². The van der Waals surface area contributed by atoms with Crippen molar-refractivity contribution >= 4 is 0 Å². The molecular formula is C13H22FN3. The Morgan fingerprint density at radius 1 is 1.41 bits per heavy atom. The summed E-state index contributed by atoms with van der Waals surface area (Å²) in [5.74, 6) is -0.326. The lowest BCUT2D eigenvalue weighted by Gasteiger charge is -2.43. The highest BCUT2D eigenvalue weighted by Crippen LogP contribution is 2.34. The van der Waals surface area contributed by atoms with E-state index in [9.17, 15) is 4.39 Å². The van der Waals surface area contributed by atoms with Gasteiger partial charge < -0.3 is 10.6 Å². The molecule has 1 aromatic rings. The molecule has 0 aliphatic carbocycles. The lowest BCUT2D eigenvalue weighted by Crippen LogP contribution is -2.51. The fourth-order valence-electron chi connectivity index (χ4n) is 2.53. The molecule has 0 saturated heterocycles. The minimum atomic E-state index is -0.351. The Morgan fingerprint density at radius 2 is 2.00 bits per heavy atom. The Kier molecular flexibility index (Phi) is 4.60. The molecule has 96 valence electrons. The number of hydrogen-bond acceptors (Lipinski definition) is 3. The van der Waals surface area contributed by atoms with Crippen LogP contribution in [0, 0.1) is 5.82 Å². The fraction of sp³-hybridized carbons (Fsp3) is 0.615. The zero-order chi connectivity index (χ0) is 13.1. The lowest BCUT2D eigenvalue weighted by molar-refractivity contribution is 0.104. The van der Waals surface area contributed by atoms with Crippen molar-refractivity contribution in [3.8, 4) is 0 Å². The van der Waals surface area contributed by atoms with Gasteiger partial charge in [0.2, 0.25) is 0 Å². The summed E-state index contributed by atoms with van der Waals surface area (Å²) in [6, 6.07) is 1.32. The number of halogens is 1. The van der Waals surface area contributed by atoms with Crippen LogP contribution in [0.2, 0.25) is 0 Å². The van der Waals surface area contributed by atoms with Crippen LogP contribution in [0.25, 0.3) is 0 Å². The molecule has 0 bridgehead atoms. The van der Waals surface area contributed by atoms with E-state index in [4.69, 9.17) is 5.73 Å². The van der Waals surface area contributed by atoms with Crippen LogP contribution < -0.4 is 5.73 Å². The number of pyridine rings is 1. The molecule has 1 aromatic heterocycles. The SMILES string of the molecule is CCC(CC)(C(N)c1ccncc1F)N(C)C. The van der Waals surface area contributed by atoms with Crippen molar-refractivity contribution in [3.05, 3.63) is 29.8 Å². The number of nitrogens with two attached hydrogens (primary N) is 1. The maximum atomic E-state index is 13.7. The standard InChI is InChI=1S/C13H22FN3/c1-5-13(6-2,17(3)4)12(15)10-7-8-16-9-11(10)14/h7-9,12H,5-6,15H2,1-4H3. The van der Waals surface area contributed by atoms with Gasteiger partial charge in [-0.2, -0.15) is 0 Å². The molecular weight excluding hydrogens is 217 g/mol. The van der Waals surface area contributed by atoms with Gasteiger partial charge in [-0.1, -0.05) is 13.8 Å². The molecule has 4 heteroatoms.